The first-order valence-corrected chi connectivity index (χ1v) is 8.21. The molecule has 1 saturated heterocycles. The van der Waals surface area contributed by atoms with Gasteiger partial charge < -0.3 is 10.1 Å². The van der Waals surface area contributed by atoms with E-state index in [0.29, 0.717) is 37.4 Å². The van der Waals surface area contributed by atoms with Gasteiger partial charge in [0.05, 0.1) is 18.1 Å². The average molecular weight is 317 g/mol. The lowest BCUT2D eigenvalue weighted by molar-refractivity contribution is 0.0272. The molecule has 1 aromatic carbocycles. The Balaban J connectivity index is 2.26. The fourth-order valence-electron chi connectivity index (χ4n) is 2.16. The fourth-order valence-corrected chi connectivity index (χ4v) is 3.42. The third-order valence-corrected chi connectivity index (χ3v) is 4.60. The first kappa shape index (κ1) is 16.3. The van der Waals surface area contributed by atoms with E-state index in [9.17, 15) is 12.8 Å². The lowest BCUT2D eigenvalue weighted by Crippen LogP contribution is -2.48. The lowest BCUT2D eigenvalue weighted by atomic mass is 10.1. The number of hydrogen-bond acceptors (Lipinski definition) is 5. The number of morpholine rings is 1. The molecule has 0 spiro atoms. The highest BCUT2D eigenvalue weighted by Gasteiger charge is 2.22. The lowest BCUT2D eigenvalue weighted by Gasteiger charge is -2.26. The van der Waals surface area contributed by atoms with E-state index in [-0.39, 0.29) is 17.3 Å². The summed E-state index contributed by atoms with van der Waals surface area (Å²) < 4.78 is 43.9. The first-order valence-electron chi connectivity index (χ1n) is 6.73. The number of hydrogen-bond donors (Lipinski definition) is 2. The van der Waals surface area contributed by atoms with Gasteiger partial charge in [-0.05, 0) is 31.7 Å². The first-order chi connectivity index (χ1) is 9.94. The molecular weight excluding hydrogens is 297 g/mol. The summed E-state index contributed by atoms with van der Waals surface area (Å²) in [5, 5.41) is 4.42. The van der Waals surface area contributed by atoms with E-state index in [0.717, 1.165) is 0 Å². The van der Waals surface area contributed by atoms with Crippen LogP contribution >= 0.6 is 0 Å². The molecule has 1 aromatic rings. The minimum absolute atomic E-state index is 0.0677. The van der Waals surface area contributed by atoms with Gasteiger partial charge in [0.15, 0.2) is 0 Å². The molecule has 21 heavy (non-hydrogen) atoms. The highest BCUT2D eigenvalue weighted by atomic mass is 32.2. The van der Waals surface area contributed by atoms with Crippen LogP contribution in [0.3, 0.4) is 0 Å². The van der Waals surface area contributed by atoms with Crippen molar-refractivity contribution in [3.63, 3.8) is 0 Å². The molecule has 0 aliphatic carbocycles. The molecule has 0 aromatic heterocycles. The zero-order valence-corrected chi connectivity index (χ0v) is 13.0. The van der Waals surface area contributed by atoms with Crippen molar-refractivity contribution in [3.05, 3.63) is 29.1 Å². The number of hydrazine groups is 1. The van der Waals surface area contributed by atoms with Crippen molar-refractivity contribution in [3.8, 4) is 0 Å². The van der Waals surface area contributed by atoms with Crippen molar-refractivity contribution in [1.29, 1.82) is 0 Å². The summed E-state index contributed by atoms with van der Waals surface area (Å²) in [6.07, 6.45) is 0. The Morgan fingerprint density at radius 2 is 2.00 bits per heavy atom. The van der Waals surface area contributed by atoms with Gasteiger partial charge in [0, 0.05) is 25.2 Å². The van der Waals surface area contributed by atoms with Crippen LogP contribution in [0.1, 0.15) is 11.1 Å². The summed E-state index contributed by atoms with van der Waals surface area (Å²) >= 11 is 0. The molecule has 1 aliphatic heterocycles. The number of aryl methyl sites for hydroxylation is 1. The molecule has 1 aliphatic rings. The molecule has 8 heteroatoms. The molecule has 0 radical (unpaired) electrons. The Morgan fingerprint density at radius 3 is 2.62 bits per heavy atom. The van der Waals surface area contributed by atoms with Crippen LogP contribution in [0.25, 0.3) is 0 Å². The van der Waals surface area contributed by atoms with Crippen molar-refractivity contribution < 1.29 is 17.5 Å². The van der Waals surface area contributed by atoms with E-state index >= 15 is 0 Å². The van der Waals surface area contributed by atoms with Crippen LogP contribution in [0.5, 0.6) is 0 Å². The smallest absolute Gasteiger partial charge is 0.253 e. The van der Waals surface area contributed by atoms with Gasteiger partial charge in [-0.1, -0.05) is 0 Å². The van der Waals surface area contributed by atoms with Crippen LogP contribution in [0.2, 0.25) is 0 Å². The maximum Gasteiger partial charge on any atom is 0.253 e. The highest BCUT2D eigenvalue weighted by Crippen LogP contribution is 2.19. The summed E-state index contributed by atoms with van der Waals surface area (Å²) in [6, 6.07) is 2.71. The van der Waals surface area contributed by atoms with E-state index < -0.39 is 10.0 Å². The zero-order valence-electron chi connectivity index (χ0n) is 12.1. The molecule has 118 valence electrons. The number of benzene rings is 1. The van der Waals surface area contributed by atoms with Crippen LogP contribution in [0, 0.1) is 12.7 Å². The van der Waals surface area contributed by atoms with Gasteiger partial charge in [-0.15, -0.1) is 4.83 Å². The number of nitrogens with zero attached hydrogens (tertiary/aromatic N) is 1. The summed E-state index contributed by atoms with van der Waals surface area (Å²) in [5.41, 5.74) is 0.643. The number of halogens is 1. The number of rotatable bonds is 5. The second kappa shape index (κ2) is 6.80. The van der Waals surface area contributed by atoms with Crippen molar-refractivity contribution in [2.75, 3.05) is 33.4 Å². The van der Waals surface area contributed by atoms with E-state index in [4.69, 9.17) is 4.74 Å². The Morgan fingerprint density at radius 1 is 1.33 bits per heavy atom. The van der Waals surface area contributed by atoms with E-state index in [1.54, 1.807) is 19.0 Å². The predicted octanol–water partition coefficient (Wildman–Crippen LogP) is 0.379. The van der Waals surface area contributed by atoms with Gasteiger partial charge in [0.1, 0.15) is 5.82 Å². The van der Waals surface area contributed by atoms with Gasteiger partial charge in [0.2, 0.25) is 0 Å². The van der Waals surface area contributed by atoms with Crippen LogP contribution in [0.4, 0.5) is 4.39 Å². The topological polar surface area (TPSA) is 70.7 Å². The van der Waals surface area contributed by atoms with Gasteiger partial charge in [-0.3, -0.25) is 0 Å². The molecule has 0 saturated carbocycles. The van der Waals surface area contributed by atoms with E-state index in [1.807, 2.05) is 0 Å². The molecule has 0 atom stereocenters. The second-order valence-electron chi connectivity index (χ2n) is 4.94. The normalized spacial score (nSPS) is 17.1. The molecule has 0 unspecified atom stereocenters. The summed E-state index contributed by atoms with van der Waals surface area (Å²) in [5.74, 6) is -0.380. The summed E-state index contributed by atoms with van der Waals surface area (Å²) in [7, 11) is -2.03. The molecular formula is C13H20FN3O3S. The van der Waals surface area contributed by atoms with Crippen LogP contribution in [-0.4, -0.2) is 46.8 Å². The largest absolute Gasteiger partial charge is 0.379 e. The van der Waals surface area contributed by atoms with Gasteiger partial charge in [-0.2, -0.15) is 0 Å². The third kappa shape index (κ3) is 3.98. The predicted molar refractivity (Wildman–Crippen MR) is 76.6 cm³/mol. The number of nitrogens with one attached hydrogen (secondary N) is 2. The van der Waals surface area contributed by atoms with E-state index in [1.165, 1.54) is 12.1 Å². The quantitative estimate of drug-likeness (QED) is 0.821. The number of sulfonamides is 1. The van der Waals surface area contributed by atoms with Gasteiger partial charge in [0.25, 0.3) is 10.0 Å². The SMILES string of the molecule is CNCc1cc(S(=O)(=O)NN2CCOCC2)cc(C)c1F. The van der Waals surface area contributed by atoms with E-state index in [2.05, 4.69) is 10.1 Å². The monoisotopic (exact) mass is 317 g/mol. The number of ether oxygens (including phenoxy) is 1. The Bertz CT molecular complexity index is 601. The average Bonchev–Trinajstić information content (AvgIpc) is 2.44. The summed E-state index contributed by atoms with van der Waals surface area (Å²) in [6.45, 7) is 3.77. The molecule has 2 rings (SSSR count). The van der Waals surface area contributed by atoms with Gasteiger partial charge >= 0.3 is 0 Å². The standard InChI is InChI=1S/C13H20FN3O3S/c1-10-7-12(8-11(9-15-2)13(10)14)21(18,19)16-17-3-5-20-6-4-17/h7-8,15-16H,3-6,9H2,1-2H3. The molecule has 2 N–H and O–H groups in total. The van der Waals surface area contributed by atoms with Crippen molar-refractivity contribution in [2.24, 2.45) is 0 Å². The third-order valence-electron chi connectivity index (χ3n) is 3.24. The molecule has 1 heterocycles. The Kier molecular flexibility index (Phi) is 5.28. The Labute approximate surface area is 124 Å². The molecule has 1 fully saturated rings. The highest BCUT2D eigenvalue weighted by molar-refractivity contribution is 7.89. The maximum atomic E-state index is 13.9. The van der Waals surface area contributed by atoms with Crippen LogP contribution < -0.4 is 10.1 Å². The minimum atomic E-state index is -3.71. The zero-order chi connectivity index (χ0) is 15.5. The molecule has 0 bridgehead atoms. The van der Waals surface area contributed by atoms with Crippen LogP contribution in [-0.2, 0) is 21.3 Å². The molecule has 6 nitrogen and oxygen atoms in total. The summed E-state index contributed by atoms with van der Waals surface area (Å²) in [4.78, 5) is 2.58. The van der Waals surface area contributed by atoms with Crippen molar-refractivity contribution >= 4 is 10.0 Å². The van der Waals surface area contributed by atoms with Crippen molar-refractivity contribution in [2.45, 2.75) is 18.4 Å². The maximum absolute atomic E-state index is 13.9. The minimum Gasteiger partial charge on any atom is -0.379 e. The second-order valence-corrected chi connectivity index (χ2v) is 6.60. The van der Waals surface area contributed by atoms with Crippen LogP contribution in [0.15, 0.2) is 17.0 Å². The van der Waals surface area contributed by atoms with Crippen molar-refractivity contribution in [1.82, 2.24) is 15.2 Å². The fraction of sp³-hybridized carbons (Fsp3) is 0.538. The van der Waals surface area contributed by atoms with Gasteiger partial charge in [-0.25, -0.2) is 17.8 Å². The Hall–Kier alpha value is -1.06. The molecule has 0 amide bonds.